The van der Waals surface area contributed by atoms with Crippen molar-refractivity contribution in [2.75, 3.05) is 45.8 Å². The maximum absolute atomic E-state index is 12.3. The second-order valence-corrected chi connectivity index (χ2v) is 7.11. The van der Waals surface area contributed by atoms with Crippen LogP contribution in [0.2, 0.25) is 0 Å². The minimum absolute atomic E-state index is 0.335. The van der Waals surface area contributed by atoms with Gasteiger partial charge in [-0.05, 0) is 30.7 Å². The van der Waals surface area contributed by atoms with Crippen molar-refractivity contribution >= 4 is 17.2 Å². The van der Waals surface area contributed by atoms with Gasteiger partial charge in [0.2, 0.25) is 5.91 Å². The maximum atomic E-state index is 12.3. The minimum Gasteiger partial charge on any atom is -0.342 e. The van der Waals surface area contributed by atoms with Gasteiger partial charge in [0.05, 0.1) is 6.54 Å². The van der Waals surface area contributed by atoms with Crippen molar-refractivity contribution in [2.45, 2.75) is 25.8 Å². The normalized spacial score (nSPS) is 21.6. The van der Waals surface area contributed by atoms with Crippen molar-refractivity contribution in [2.24, 2.45) is 0 Å². The summed E-state index contributed by atoms with van der Waals surface area (Å²) < 4.78 is 0. The van der Waals surface area contributed by atoms with E-state index in [4.69, 9.17) is 0 Å². The van der Waals surface area contributed by atoms with Crippen molar-refractivity contribution in [1.82, 2.24) is 14.7 Å². The van der Waals surface area contributed by atoms with E-state index < -0.39 is 0 Å². The number of hydrogen-bond donors (Lipinski definition) is 0. The van der Waals surface area contributed by atoms with Gasteiger partial charge in [-0.3, -0.25) is 14.6 Å². The number of carbonyl (C=O) groups is 1. The van der Waals surface area contributed by atoms with E-state index in [2.05, 4.69) is 32.2 Å². The maximum Gasteiger partial charge on any atom is 0.236 e. The molecule has 2 fully saturated rings. The van der Waals surface area contributed by atoms with Crippen LogP contribution in [0.25, 0.3) is 0 Å². The summed E-state index contributed by atoms with van der Waals surface area (Å²) in [5, 5.41) is 2.14. The van der Waals surface area contributed by atoms with Gasteiger partial charge in [-0.1, -0.05) is 6.07 Å². The molecule has 1 aromatic heterocycles. The molecule has 2 saturated heterocycles. The van der Waals surface area contributed by atoms with Crippen molar-refractivity contribution in [3.8, 4) is 0 Å². The molecule has 0 bridgehead atoms. The average Bonchev–Trinajstić information content (AvgIpc) is 3.03. The molecule has 0 saturated carbocycles. The van der Waals surface area contributed by atoms with Gasteiger partial charge in [0.1, 0.15) is 0 Å². The standard InChI is InChI=1S/C16H25N3OS/c20-16(19-6-2-1-3-7-19)14-18-10-8-17(9-11-18)13-15-5-4-12-21-15/h4-5,12H,1-3,6-11,13-14H2. The Kier molecular flexibility index (Phi) is 5.27. The van der Waals surface area contributed by atoms with E-state index in [0.29, 0.717) is 12.5 Å². The fourth-order valence-corrected chi connectivity index (χ4v) is 3.91. The van der Waals surface area contributed by atoms with Crippen LogP contribution < -0.4 is 0 Å². The molecule has 1 aromatic rings. The lowest BCUT2D eigenvalue weighted by Crippen LogP contribution is -2.50. The van der Waals surface area contributed by atoms with Crippen LogP contribution in [-0.2, 0) is 11.3 Å². The van der Waals surface area contributed by atoms with Crippen LogP contribution in [-0.4, -0.2) is 66.4 Å². The minimum atomic E-state index is 0.335. The van der Waals surface area contributed by atoms with Crippen LogP contribution in [0.5, 0.6) is 0 Å². The monoisotopic (exact) mass is 307 g/mol. The van der Waals surface area contributed by atoms with Crippen molar-refractivity contribution in [3.05, 3.63) is 22.4 Å². The molecule has 5 heteroatoms. The van der Waals surface area contributed by atoms with E-state index in [9.17, 15) is 4.79 Å². The fourth-order valence-electron chi connectivity index (χ4n) is 3.16. The predicted molar refractivity (Wildman–Crippen MR) is 86.5 cm³/mol. The molecule has 1 amide bonds. The molecule has 0 N–H and O–H groups in total. The lowest BCUT2D eigenvalue weighted by molar-refractivity contribution is -0.133. The van der Waals surface area contributed by atoms with Crippen LogP contribution >= 0.6 is 11.3 Å². The van der Waals surface area contributed by atoms with Crippen LogP contribution in [0, 0.1) is 0 Å². The first-order valence-electron chi connectivity index (χ1n) is 8.06. The quantitative estimate of drug-likeness (QED) is 0.850. The summed E-state index contributed by atoms with van der Waals surface area (Å²) in [7, 11) is 0. The van der Waals surface area contributed by atoms with Gasteiger partial charge in [0, 0.05) is 50.7 Å². The van der Waals surface area contributed by atoms with Gasteiger partial charge in [-0.25, -0.2) is 0 Å². The van der Waals surface area contributed by atoms with E-state index in [1.54, 1.807) is 0 Å². The number of likely N-dealkylation sites (tertiary alicyclic amines) is 1. The third-order valence-corrected chi connectivity index (χ3v) is 5.35. The first kappa shape index (κ1) is 15.0. The van der Waals surface area contributed by atoms with E-state index in [0.717, 1.165) is 45.8 Å². The lowest BCUT2D eigenvalue weighted by Gasteiger charge is -2.35. The van der Waals surface area contributed by atoms with Gasteiger partial charge in [0.25, 0.3) is 0 Å². The van der Waals surface area contributed by atoms with Crippen molar-refractivity contribution in [3.63, 3.8) is 0 Å². The molecule has 21 heavy (non-hydrogen) atoms. The summed E-state index contributed by atoms with van der Waals surface area (Å²) in [6.45, 7) is 7.80. The molecule has 0 unspecified atom stereocenters. The number of nitrogens with zero attached hydrogens (tertiary/aromatic N) is 3. The first-order valence-corrected chi connectivity index (χ1v) is 8.94. The van der Waals surface area contributed by atoms with Gasteiger partial charge in [-0.15, -0.1) is 11.3 Å². The summed E-state index contributed by atoms with van der Waals surface area (Å²) in [6.07, 6.45) is 3.64. The Morgan fingerprint density at radius 1 is 1.00 bits per heavy atom. The molecular weight excluding hydrogens is 282 g/mol. The molecule has 0 atom stereocenters. The SMILES string of the molecule is O=C(CN1CCN(Cc2cccs2)CC1)N1CCCCC1. The Morgan fingerprint density at radius 3 is 2.38 bits per heavy atom. The molecule has 2 aliphatic rings. The highest BCUT2D eigenvalue weighted by Crippen LogP contribution is 2.14. The number of carbonyl (C=O) groups excluding carboxylic acids is 1. The van der Waals surface area contributed by atoms with Crippen LogP contribution in [0.4, 0.5) is 0 Å². The molecule has 0 aliphatic carbocycles. The van der Waals surface area contributed by atoms with Gasteiger partial charge >= 0.3 is 0 Å². The van der Waals surface area contributed by atoms with Gasteiger partial charge in [0.15, 0.2) is 0 Å². The number of amides is 1. The van der Waals surface area contributed by atoms with Crippen LogP contribution in [0.3, 0.4) is 0 Å². The number of hydrogen-bond acceptors (Lipinski definition) is 4. The Bertz CT molecular complexity index is 434. The lowest BCUT2D eigenvalue weighted by atomic mass is 10.1. The third kappa shape index (κ3) is 4.28. The van der Waals surface area contributed by atoms with E-state index in [-0.39, 0.29) is 0 Å². The highest BCUT2D eigenvalue weighted by molar-refractivity contribution is 7.09. The van der Waals surface area contributed by atoms with Gasteiger partial charge in [-0.2, -0.15) is 0 Å². The highest BCUT2D eigenvalue weighted by Gasteiger charge is 2.22. The summed E-state index contributed by atoms with van der Waals surface area (Å²) in [6, 6.07) is 4.32. The molecule has 2 aliphatic heterocycles. The predicted octanol–water partition coefficient (Wildman–Crippen LogP) is 1.88. The fraction of sp³-hybridized carbons (Fsp3) is 0.688. The first-order chi connectivity index (χ1) is 10.3. The second-order valence-electron chi connectivity index (χ2n) is 6.07. The molecule has 3 rings (SSSR count). The molecule has 0 aromatic carbocycles. The molecule has 4 nitrogen and oxygen atoms in total. The zero-order valence-corrected chi connectivity index (χ0v) is 13.5. The van der Waals surface area contributed by atoms with Crippen molar-refractivity contribution in [1.29, 1.82) is 0 Å². The largest absolute Gasteiger partial charge is 0.342 e. The third-order valence-electron chi connectivity index (χ3n) is 4.49. The summed E-state index contributed by atoms with van der Waals surface area (Å²) >= 11 is 1.83. The molecule has 116 valence electrons. The Labute approximate surface area is 131 Å². The van der Waals surface area contributed by atoms with E-state index >= 15 is 0 Å². The van der Waals surface area contributed by atoms with E-state index in [1.807, 2.05) is 11.3 Å². The number of thiophene rings is 1. The highest BCUT2D eigenvalue weighted by atomic mass is 32.1. The van der Waals surface area contributed by atoms with Crippen molar-refractivity contribution < 1.29 is 4.79 Å². The summed E-state index contributed by atoms with van der Waals surface area (Å²) in [5.74, 6) is 0.335. The van der Waals surface area contributed by atoms with E-state index in [1.165, 1.54) is 24.1 Å². The summed E-state index contributed by atoms with van der Waals surface area (Å²) in [5.41, 5.74) is 0. The zero-order valence-electron chi connectivity index (χ0n) is 12.7. The molecule has 3 heterocycles. The molecule has 0 spiro atoms. The topological polar surface area (TPSA) is 26.8 Å². The Balaban J connectivity index is 1.40. The smallest absolute Gasteiger partial charge is 0.236 e. The average molecular weight is 307 g/mol. The zero-order chi connectivity index (χ0) is 14.5. The Morgan fingerprint density at radius 2 is 1.71 bits per heavy atom. The summed E-state index contributed by atoms with van der Waals surface area (Å²) in [4.78, 5) is 20.6. The number of piperidine rings is 1. The van der Waals surface area contributed by atoms with Crippen LogP contribution in [0.15, 0.2) is 17.5 Å². The Hall–Kier alpha value is -0.910. The molecule has 0 radical (unpaired) electrons. The van der Waals surface area contributed by atoms with Gasteiger partial charge < -0.3 is 4.90 Å². The number of rotatable bonds is 4. The van der Waals surface area contributed by atoms with Crippen LogP contribution in [0.1, 0.15) is 24.1 Å². The number of piperazine rings is 1. The molecular formula is C16H25N3OS. The second kappa shape index (κ2) is 7.38.